The van der Waals surface area contributed by atoms with Crippen LogP contribution in [0.2, 0.25) is 0 Å². The minimum Gasteiger partial charge on any atom is -0.258 e. The second-order valence-corrected chi connectivity index (χ2v) is 3.72. The molecule has 0 aliphatic carbocycles. The number of rotatable bonds is 2. The molecule has 0 aromatic heterocycles. The molecule has 1 fully saturated rings. The molecule has 10 nitrogen and oxygen atoms in total. The standard InChI is InChI=1S/C3H4N2O8S/c6-4(7)3(5(8)9)1-12-14(10,11)13-2-3/h1-2H2. The molecule has 1 aliphatic heterocycles. The summed E-state index contributed by atoms with van der Waals surface area (Å²) in [4.78, 5) is 18.2. The van der Waals surface area contributed by atoms with Crippen molar-refractivity contribution in [3.05, 3.63) is 20.2 Å². The van der Waals surface area contributed by atoms with Gasteiger partial charge in [0.2, 0.25) is 13.2 Å². The van der Waals surface area contributed by atoms with E-state index < -0.39 is 39.1 Å². The van der Waals surface area contributed by atoms with Gasteiger partial charge in [0.05, 0.1) is 0 Å². The molecule has 1 aliphatic rings. The smallest absolute Gasteiger partial charge is 0.258 e. The highest BCUT2D eigenvalue weighted by Crippen LogP contribution is 2.20. The first kappa shape index (κ1) is 10.7. The summed E-state index contributed by atoms with van der Waals surface area (Å²) in [5, 5.41) is 20.7. The van der Waals surface area contributed by atoms with Crippen molar-refractivity contribution < 1.29 is 26.6 Å². The van der Waals surface area contributed by atoms with Gasteiger partial charge in [0, 0.05) is 0 Å². The highest BCUT2D eigenvalue weighted by molar-refractivity contribution is 7.81. The summed E-state index contributed by atoms with van der Waals surface area (Å²) in [6.45, 7) is -2.34. The zero-order chi connectivity index (χ0) is 11.0. The molecule has 0 saturated carbocycles. The average molecular weight is 228 g/mol. The van der Waals surface area contributed by atoms with E-state index in [1.54, 1.807) is 0 Å². The Bertz CT molecular complexity index is 342. The molecule has 0 aromatic rings. The molecule has 1 saturated heterocycles. The molecule has 14 heavy (non-hydrogen) atoms. The maximum Gasteiger partial charge on any atom is 0.506 e. The first-order chi connectivity index (χ1) is 6.30. The predicted molar refractivity (Wildman–Crippen MR) is 37.5 cm³/mol. The number of nitro groups is 2. The van der Waals surface area contributed by atoms with E-state index in [0.717, 1.165) is 0 Å². The van der Waals surface area contributed by atoms with Gasteiger partial charge in [-0.15, -0.1) is 0 Å². The molecule has 0 radical (unpaired) electrons. The van der Waals surface area contributed by atoms with Gasteiger partial charge in [-0.1, -0.05) is 0 Å². The van der Waals surface area contributed by atoms with Crippen LogP contribution in [0, 0.1) is 20.2 Å². The van der Waals surface area contributed by atoms with Gasteiger partial charge < -0.3 is 0 Å². The van der Waals surface area contributed by atoms with Crippen LogP contribution in [-0.4, -0.2) is 37.1 Å². The number of hydrogen-bond acceptors (Lipinski definition) is 8. The fourth-order valence-electron chi connectivity index (χ4n) is 0.686. The third-order valence-corrected chi connectivity index (χ3v) is 2.36. The Morgan fingerprint density at radius 2 is 1.43 bits per heavy atom. The van der Waals surface area contributed by atoms with Gasteiger partial charge in [0.25, 0.3) is 0 Å². The van der Waals surface area contributed by atoms with Crippen molar-refractivity contribution in [2.24, 2.45) is 0 Å². The second-order valence-electron chi connectivity index (χ2n) is 2.43. The van der Waals surface area contributed by atoms with E-state index >= 15 is 0 Å². The Morgan fingerprint density at radius 3 is 1.71 bits per heavy atom. The maximum absolute atomic E-state index is 10.5. The minimum atomic E-state index is -4.33. The first-order valence-corrected chi connectivity index (χ1v) is 4.46. The van der Waals surface area contributed by atoms with Crippen molar-refractivity contribution in [1.82, 2.24) is 0 Å². The summed E-state index contributed by atoms with van der Waals surface area (Å²) in [5.74, 6) is 0. The summed E-state index contributed by atoms with van der Waals surface area (Å²) in [5.41, 5.74) is -2.74. The van der Waals surface area contributed by atoms with Crippen LogP contribution >= 0.6 is 0 Å². The lowest BCUT2D eigenvalue weighted by Gasteiger charge is -2.20. The molecule has 1 heterocycles. The normalized spacial score (nSPS) is 24.0. The zero-order valence-electron chi connectivity index (χ0n) is 6.48. The highest BCUT2D eigenvalue weighted by Gasteiger charge is 2.61. The van der Waals surface area contributed by atoms with Crippen LogP contribution < -0.4 is 0 Å². The van der Waals surface area contributed by atoms with Crippen molar-refractivity contribution >= 4 is 10.4 Å². The average Bonchev–Trinajstić information content (AvgIpc) is 2.03. The topological polar surface area (TPSA) is 139 Å². The van der Waals surface area contributed by atoms with E-state index in [2.05, 4.69) is 8.37 Å². The summed E-state index contributed by atoms with van der Waals surface area (Å²) in [7, 11) is -4.33. The summed E-state index contributed by atoms with van der Waals surface area (Å²) >= 11 is 0. The third-order valence-electron chi connectivity index (χ3n) is 1.55. The SMILES string of the molecule is O=[N+]([O-])C1([N+](=O)[O-])COS(=O)(=O)OC1. The monoisotopic (exact) mass is 228 g/mol. The molecular formula is C3H4N2O8S. The van der Waals surface area contributed by atoms with Crippen LogP contribution in [0.15, 0.2) is 0 Å². The molecule has 0 atom stereocenters. The van der Waals surface area contributed by atoms with Crippen molar-refractivity contribution in [3.63, 3.8) is 0 Å². The van der Waals surface area contributed by atoms with Crippen LogP contribution in [0.5, 0.6) is 0 Å². The summed E-state index contributed by atoms with van der Waals surface area (Å²) in [6, 6.07) is 0. The molecule has 11 heteroatoms. The Morgan fingerprint density at radius 1 is 1.07 bits per heavy atom. The molecule has 0 amide bonds. The van der Waals surface area contributed by atoms with Gasteiger partial charge in [-0.3, -0.25) is 20.2 Å². The Hall–Kier alpha value is -1.33. The van der Waals surface area contributed by atoms with E-state index in [1.807, 2.05) is 0 Å². The van der Waals surface area contributed by atoms with E-state index in [4.69, 9.17) is 0 Å². The van der Waals surface area contributed by atoms with Crippen molar-refractivity contribution in [1.29, 1.82) is 0 Å². The van der Waals surface area contributed by atoms with Crippen LogP contribution in [0.1, 0.15) is 0 Å². The van der Waals surface area contributed by atoms with Crippen LogP contribution in [0.3, 0.4) is 0 Å². The lowest BCUT2D eigenvalue weighted by molar-refractivity contribution is -0.800. The molecular weight excluding hydrogens is 224 g/mol. The largest absolute Gasteiger partial charge is 0.506 e. The van der Waals surface area contributed by atoms with E-state index in [9.17, 15) is 28.6 Å². The fraction of sp³-hybridized carbons (Fsp3) is 1.00. The molecule has 0 unspecified atom stereocenters. The molecule has 0 spiro atoms. The van der Waals surface area contributed by atoms with Gasteiger partial charge in [0.15, 0.2) is 0 Å². The molecule has 80 valence electrons. The van der Waals surface area contributed by atoms with Gasteiger partial charge in [-0.05, 0) is 0 Å². The number of nitrogens with zero attached hydrogens (tertiary/aromatic N) is 2. The summed E-state index contributed by atoms with van der Waals surface area (Å²) < 4.78 is 28.7. The fourth-order valence-corrected chi connectivity index (χ4v) is 1.42. The lowest BCUT2D eigenvalue weighted by Crippen LogP contribution is -2.57. The molecule has 1 rings (SSSR count). The Kier molecular flexibility index (Phi) is 2.39. The Labute approximate surface area is 77.0 Å². The van der Waals surface area contributed by atoms with Crippen LogP contribution in [0.4, 0.5) is 0 Å². The number of hydrogen-bond donors (Lipinski definition) is 0. The Balaban J connectivity index is 2.97. The quantitative estimate of drug-likeness (QED) is 0.317. The van der Waals surface area contributed by atoms with Gasteiger partial charge in [0.1, 0.15) is 9.85 Å². The van der Waals surface area contributed by atoms with Crippen LogP contribution in [-0.2, 0) is 18.8 Å². The predicted octanol–water partition coefficient (Wildman–Crippen LogP) is -1.47. The van der Waals surface area contributed by atoms with Crippen molar-refractivity contribution in [2.75, 3.05) is 13.2 Å². The molecule has 0 aromatic carbocycles. The lowest BCUT2D eigenvalue weighted by atomic mass is 10.2. The van der Waals surface area contributed by atoms with Gasteiger partial charge >= 0.3 is 16.1 Å². The molecule has 0 N–H and O–H groups in total. The van der Waals surface area contributed by atoms with Crippen molar-refractivity contribution in [2.45, 2.75) is 5.66 Å². The van der Waals surface area contributed by atoms with Crippen LogP contribution in [0.25, 0.3) is 0 Å². The van der Waals surface area contributed by atoms with E-state index in [1.165, 1.54) is 0 Å². The minimum absolute atomic E-state index is 1.17. The van der Waals surface area contributed by atoms with Crippen molar-refractivity contribution in [3.8, 4) is 0 Å². The second kappa shape index (κ2) is 3.11. The highest BCUT2D eigenvalue weighted by atomic mass is 32.3. The maximum atomic E-state index is 10.5. The van der Waals surface area contributed by atoms with E-state index in [-0.39, 0.29) is 0 Å². The third kappa shape index (κ3) is 1.64. The van der Waals surface area contributed by atoms with E-state index in [0.29, 0.717) is 0 Å². The van der Waals surface area contributed by atoms with Gasteiger partial charge in [-0.2, -0.15) is 8.42 Å². The van der Waals surface area contributed by atoms with Gasteiger partial charge in [-0.25, -0.2) is 8.37 Å². The first-order valence-electron chi connectivity index (χ1n) is 3.13. The summed E-state index contributed by atoms with van der Waals surface area (Å²) in [6.07, 6.45) is 0. The molecule has 0 bridgehead atoms. The zero-order valence-corrected chi connectivity index (χ0v) is 7.30.